The van der Waals surface area contributed by atoms with Gasteiger partial charge in [-0.3, -0.25) is 0 Å². The topological polar surface area (TPSA) is 32.3 Å². The molecule has 0 spiro atoms. The number of aliphatic hydroxyl groups excluding tert-OH is 1. The van der Waals surface area contributed by atoms with Gasteiger partial charge in [-0.05, 0) is 25.1 Å². The highest BCUT2D eigenvalue weighted by atomic mass is 35.5. The number of hydrogen-bond donors (Lipinski definition) is 2. The second-order valence-corrected chi connectivity index (χ2v) is 5.22. The smallest absolute Gasteiger partial charge is 0.142 e. The Bertz CT molecular complexity index is 619. The highest BCUT2D eigenvalue weighted by Crippen LogP contribution is 2.34. The van der Waals surface area contributed by atoms with E-state index < -0.39 is 5.82 Å². The molecule has 0 bridgehead atoms. The van der Waals surface area contributed by atoms with Crippen molar-refractivity contribution in [1.29, 1.82) is 0 Å². The molecule has 20 heavy (non-hydrogen) atoms. The van der Waals surface area contributed by atoms with Crippen LogP contribution < -0.4 is 5.32 Å². The van der Waals surface area contributed by atoms with Crippen molar-refractivity contribution in [3.05, 3.63) is 63.4 Å². The summed E-state index contributed by atoms with van der Waals surface area (Å²) in [6.07, 6.45) is 0. The molecular formula is C15H14Cl2FNO. The Balaban J connectivity index is 2.33. The average Bonchev–Trinajstić information content (AvgIpc) is 2.44. The van der Waals surface area contributed by atoms with Crippen molar-refractivity contribution in [2.24, 2.45) is 0 Å². The number of rotatable bonds is 4. The van der Waals surface area contributed by atoms with Gasteiger partial charge in [0.1, 0.15) is 5.82 Å². The summed E-state index contributed by atoms with van der Waals surface area (Å²) in [5.74, 6) is -0.504. The van der Waals surface area contributed by atoms with E-state index in [2.05, 4.69) is 5.32 Å². The fourth-order valence-corrected chi connectivity index (χ4v) is 2.74. The zero-order valence-electron chi connectivity index (χ0n) is 10.8. The SMILES string of the molecule is CC(Nc1ccccc1CO)c1c(Cl)ccc(F)c1Cl. The fraction of sp³-hybridized carbons (Fsp3) is 0.200. The van der Waals surface area contributed by atoms with E-state index in [1.165, 1.54) is 12.1 Å². The molecule has 0 aromatic heterocycles. The lowest BCUT2D eigenvalue weighted by atomic mass is 10.1. The van der Waals surface area contributed by atoms with Gasteiger partial charge in [0.2, 0.25) is 0 Å². The highest BCUT2D eigenvalue weighted by molar-refractivity contribution is 6.36. The van der Waals surface area contributed by atoms with Crippen molar-refractivity contribution in [3.63, 3.8) is 0 Å². The molecule has 0 saturated carbocycles. The number of aliphatic hydroxyl groups is 1. The molecule has 2 aromatic rings. The summed E-state index contributed by atoms with van der Waals surface area (Å²) in [5, 5.41) is 12.9. The van der Waals surface area contributed by atoms with Crippen LogP contribution in [0.4, 0.5) is 10.1 Å². The molecule has 1 unspecified atom stereocenters. The van der Waals surface area contributed by atoms with E-state index in [1.54, 1.807) is 0 Å². The van der Waals surface area contributed by atoms with Crippen LogP contribution in [0.25, 0.3) is 0 Å². The van der Waals surface area contributed by atoms with E-state index in [0.29, 0.717) is 10.6 Å². The van der Waals surface area contributed by atoms with Gasteiger partial charge in [-0.15, -0.1) is 0 Å². The van der Waals surface area contributed by atoms with Crippen molar-refractivity contribution in [3.8, 4) is 0 Å². The van der Waals surface area contributed by atoms with Crippen LogP contribution in [0.15, 0.2) is 36.4 Å². The molecule has 2 aromatic carbocycles. The Labute approximate surface area is 127 Å². The van der Waals surface area contributed by atoms with E-state index in [0.717, 1.165) is 11.3 Å². The van der Waals surface area contributed by atoms with Crippen LogP contribution in [-0.4, -0.2) is 5.11 Å². The first-order valence-corrected chi connectivity index (χ1v) is 6.89. The van der Waals surface area contributed by atoms with Gasteiger partial charge in [0.05, 0.1) is 17.7 Å². The van der Waals surface area contributed by atoms with Crippen LogP contribution in [-0.2, 0) is 6.61 Å². The van der Waals surface area contributed by atoms with Crippen LogP contribution >= 0.6 is 23.2 Å². The molecule has 2 N–H and O–H groups in total. The van der Waals surface area contributed by atoms with Gasteiger partial charge < -0.3 is 10.4 Å². The summed E-state index contributed by atoms with van der Waals surface area (Å²) in [6, 6.07) is 9.76. The van der Waals surface area contributed by atoms with E-state index in [1.807, 2.05) is 31.2 Å². The number of hydrogen-bond acceptors (Lipinski definition) is 2. The Hall–Kier alpha value is -1.29. The molecule has 2 nitrogen and oxygen atoms in total. The lowest BCUT2D eigenvalue weighted by Gasteiger charge is -2.20. The Morgan fingerprint density at radius 3 is 2.60 bits per heavy atom. The molecule has 1 atom stereocenters. The minimum Gasteiger partial charge on any atom is -0.392 e. The summed E-state index contributed by atoms with van der Waals surface area (Å²) in [7, 11) is 0. The zero-order chi connectivity index (χ0) is 14.7. The summed E-state index contributed by atoms with van der Waals surface area (Å²) >= 11 is 12.1. The quantitative estimate of drug-likeness (QED) is 0.795. The first-order chi connectivity index (χ1) is 9.54. The van der Waals surface area contributed by atoms with E-state index in [4.69, 9.17) is 23.2 Å². The normalized spacial score (nSPS) is 12.2. The van der Waals surface area contributed by atoms with Crippen molar-refractivity contribution < 1.29 is 9.50 Å². The van der Waals surface area contributed by atoms with Crippen molar-refractivity contribution in [2.75, 3.05) is 5.32 Å². The number of nitrogens with one attached hydrogen (secondary N) is 1. The second-order valence-electron chi connectivity index (χ2n) is 4.44. The molecule has 106 valence electrons. The van der Waals surface area contributed by atoms with Gasteiger partial charge in [-0.2, -0.15) is 0 Å². The van der Waals surface area contributed by atoms with Gasteiger partial charge in [-0.25, -0.2) is 4.39 Å². The van der Waals surface area contributed by atoms with Gasteiger partial charge in [0.25, 0.3) is 0 Å². The van der Waals surface area contributed by atoms with Gasteiger partial charge in [0, 0.05) is 21.8 Å². The van der Waals surface area contributed by atoms with Crippen LogP contribution in [0.3, 0.4) is 0 Å². The third kappa shape index (κ3) is 3.06. The molecule has 2 rings (SSSR count). The highest BCUT2D eigenvalue weighted by Gasteiger charge is 2.17. The monoisotopic (exact) mass is 313 g/mol. The lowest BCUT2D eigenvalue weighted by Crippen LogP contribution is -2.10. The van der Waals surface area contributed by atoms with E-state index in [9.17, 15) is 9.50 Å². The molecule has 0 aliphatic carbocycles. The first-order valence-electron chi connectivity index (χ1n) is 6.13. The number of halogens is 3. The molecule has 0 amide bonds. The predicted octanol–water partition coefficient (Wildman–Crippen LogP) is 4.80. The average molecular weight is 314 g/mol. The molecule has 0 aliphatic heterocycles. The Kier molecular flexibility index (Phi) is 4.86. The molecule has 0 radical (unpaired) electrons. The third-order valence-corrected chi connectivity index (χ3v) is 3.79. The zero-order valence-corrected chi connectivity index (χ0v) is 12.3. The number of para-hydroxylation sites is 1. The van der Waals surface area contributed by atoms with Crippen LogP contribution in [0.5, 0.6) is 0 Å². The van der Waals surface area contributed by atoms with E-state index >= 15 is 0 Å². The lowest BCUT2D eigenvalue weighted by molar-refractivity contribution is 0.282. The largest absolute Gasteiger partial charge is 0.392 e. The Morgan fingerprint density at radius 1 is 1.20 bits per heavy atom. The van der Waals surface area contributed by atoms with E-state index in [-0.39, 0.29) is 17.7 Å². The third-order valence-electron chi connectivity index (χ3n) is 3.07. The van der Waals surface area contributed by atoms with Crippen LogP contribution in [0.2, 0.25) is 10.0 Å². The standard InChI is InChI=1S/C15H14Cl2FNO/c1-9(14-11(16)6-7-12(18)15(14)17)19-13-5-3-2-4-10(13)8-20/h2-7,9,19-20H,8H2,1H3. The summed E-state index contributed by atoms with van der Waals surface area (Å²) in [5.41, 5.74) is 2.02. The fourth-order valence-electron chi connectivity index (χ4n) is 2.04. The molecule has 0 aliphatic rings. The van der Waals surface area contributed by atoms with Crippen molar-refractivity contribution in [2.45, 2.75) is 19.6 Å². The molecule has 5 heteroatoms. The van der Waals surface area contributed by atoms with Gasteiger partial charge in [0.15, 0.2) is 0 Å². The summed E-state index contributed by atoms with van der Waals surface area (Å²) < 4.78 is 13.5. The van der Waals surface area contributed by atoms with Crippen LogP contribution in [0, 0.1) is 5.82 Å². The predicted molar refractivity (Wildman–Crippen MR) is 80.8 cm³/mol. The molecule has 0 saturated heterocycles. The van der Waals surface area contributed by atoms with Gasteiger partial charge in [-0.1, -0.05) is 41.4 Å². The first kappa shape index (κ1) is 15.1. The maximum atomic E-state index is 13.5. The Morgan fingerprint density at radius 2 is 1.90 bits per heavy atom. The maximum Gasteiger partial charge on any atom is 0.142 e. The van der Waals surface area contributed by atoms with Crippen molar-refractivity contribution >= 4 is 28.9 Å². The minimum atomic E-state index is -0.504. The second kappa shape index (κ2) is 6.44. The minimum absolute atomic E-state index is 0.0129. The molecule has 0 heterocycles. The van der Waals surface area contributed by atoms with Gasteiger partial charge >= 0.3 is 0 Å². The van der Waals surface area contributed by atoms with Crippen LogP contribution in [0.1, 0.15) is 24.1 Å². The summed E-state index contributed by atoms with van der Waals surface area (Å²) in [4.78, 5) is 0. The summed E-state index contributed by atoms with van der Waals surface area (Å²) in [6.45, 7) is 1.75. The number of anilines is 1. The van der Waals surface area contributed by atoms with Crippen molar-refractivity contribution in [1.82, 2.24) is 0 Å². The molecule has 0 fully saturated rings. The maximum absolute atomic E-state index is 13.5. The molecular weight excluding hydrogens is 300 g/mol. The number of benzene rings is 2.